The smallest absolute Gasteiger partial charge is 0.220 e. The van der Waals surface area contributed by atoms with Gasteiger partial charge in [0.2, 0.25) is 5.95 Å². The number of hydrogen-bond acceptors (Lipinski definition) is 4. The molecule has 0 amide bonds. The summed E-state index contributed by atoms with van der Waals surface area (Å²) >= 11 is 3.42. The zero-order valence-electron chi connectivity index (χ0n) is 11.2. The first-order chi connectivity index (χ1) is 9.56. The van der Waals surface area contributed by atoms with E-state index >= 15 is 0 Å². The number of rotatable bonds is 2. The molecular formula is C14H14BrN5. The van der Waals surface area contributed by atoms with Gasteiger partial charge in [-0.15, -0.1) is 0 Å². The second-order valence-electron chi connectivity index (χ2n) is 4.87. The summed E-state index contributed by atoms with van der Waals surface area (Å²) in [5.41, 5.74) is 8.62. The molecule has 3 heterocycles. The highest BCUT2D eigenvalue weighted by atomic mass is 79.9. The van der Waals surface area contributed by atoms with Crippen LogP contribution in [0.25, 0.3) is 22.2 Å². The number of nitrogens with zero attached hydrogens (tertiary/aromatic N) is 4. The van der Waals surface area contributed by atoms with Gasteiger partial charge in [0.15, 0.2) is 0 Å². The first-order valence-electron chi connectivity index (χ1n) is 6.31. The molecule has 102 valence electrons. The van der Waals surface area contributed by atoms with Crippen molar-refractivity contribution in [2.75, 3.05) is 5.73 Å². The molecule has 0 radical (unpaired) electrons. The van der Waals surface area contributed by atoms with Crippen LogP contribution in [0.4, 0.5) is 5.95 Å². The molecule has 5 nitrogen and oxygen atoms in total. The Kier molecular flexibility index (Phi) is 3.17. The maximum absolute atomic E-state index is 5.69. The van der Waals surface area contributed by atoms with E-state index < -0.39 is 0 Å². The molecule has 3 aromatic rings. The van der Waals surface area contributed by atoms with Gasteiger partial charge in [0.05, 0.1) is 17.4 Å². The Morgan fingerprint density at radius 1 is 1.30 bits per heavy atom. The molecule has 0 saturated heterocycles. The molecule has 0 aliphatic heterocycles. The van der Waals surface area contributed by atoms with Crippen LogP contribution in [0.1, 0.15) is 19.9 Å². The minimum atomic E-state index is 0.279. The third-order valence-corrected chi connectivity index (χ3v) is 3.63. The molecule has 6 heteroatoms. The zero-order chi connectivity index (χ0) is 14.3. The van der Waals surface area contributed by atoms with E-state index in [-0.39, 0.29) is 5.95 Å². The lowest BCUT2D eigenvalue weighted by molar-refractivity contribution is 0.622. The van der Waals surface area contributed by atoms with Crippen molar-refractivity contribution in [3.8, 4) is 11.3 Å². The molecule has 0 aliphatic carbocycles. The Bertz CT molecular complexity index is 778. The van der Waals surface area contributed by atoms with Crippen molar-refractivity contribution in [3.63, 3.8) is 0 Å². The lowest BCUT2D eigenvalue weighted by Gasteiger charge is -2.08. The van der Waals surface area contributed by atoms with E-state index in [9.17, 15) is 0 Å². The zero-order valence-corrected chi connectivity index (χ0v) is 12.8. The van der Waals surface area contributed by atoms with Gasteiger partial charge >= 0.3 is 0 Å². The van der Waals surface area contributed by atoms with Gasteiger partial charge in [-0.1, -0.05) is 0 Å². The van der Waals surface area contributed by atoms with Gasteiger partial charge in [-0.25, -0.2) is 15.0 Å². The van der Waals surface area contributed by atoms with Gasteiger partial charge in [-0.05, 0) is 41.9 Å². The van der Waals surface area contributed by atoms with Gasteiger partial charge in [0.25, 0.3) is 0 Å². The van der Waals surface area contributed by atoms with Crippen LogP contribution in [-0.4, -0.2) is 19.5 Å². The van der Waals surface area contributed by atoms with Crippen molar-refractivity contribution < 1.29 is 0 Å². The monoisotopic (exact) mass is 331 g/mol. The quantitative estimate of drug-likeness (QED) is 0.730. The molecule has 0 bridgehead atoms. The largest absolute Gasteiger partial charge is 0.368 e. The van der Waals surface area contributed by atoms with Crippen LogP contribution in [-0.2, 0) is 0 Å². The molecule has 0 aliphatic rings. The number of halogens is 1. The average molecular weight is 332 g/mol. The SMILES string of the molecule is CC(C)n1cc(-c2ccnc(N)n2)c2cc(Br)ncc21. The second-order valence-corrected chi connectivity index (χ2v) is 5.68. The van der Waals surface area contributed by atoms with Crippen molar-refractivity contribution in [2.24, 2.45) is 0 Å². The fraction of sp³-hybridized carbons (Fsp3) is 0.214. The molecule has 3 aromatic heterocycles. The minimum absolute atomic E-state index is 0.279. The Labute approximate surface area is 125 Å². The molecule has 2 N–H and O–H groups in total. The van der Waals surface area contributed by atoms with Crippen molar-refractivity contribution in [2.45, 2.75) is 19.9 Å². The lowest BCUT2D eigenvalue weighted by Crippen LogP contribution is -1.98. The molecule has 0 atom stereocenters. The van der Waals surface area contributed by atoms with E-state index in [4.69, 9.17) is 5.73 Å². The third kappa shape index (κ3) is 2.16. The standard InChI is InChI=1S/C14H14BrN5/c1-8(2)20-7-10(11-3-4-17-14(16)19-11)9-5-13(15)18-6-12(9)20/h3-8H,1-2H3,(H2,16,17,19). The number of pyridine rings is 1. The van der Waals surface area contributed by atoms with E-state index in [1.54, 1.807) is 6.20 Å². The summed E-state index contributed by atoms with van der Waals surface area (Å²) in [5.74, 6) is 0.279. The van der Waals surface area contributed by atoms with Gasteiger partial charge in [0.1, 0.15) is 4.60 Å². The number of hydrogen-bond donors (Lipinski definition) is 1. The summed E-state index contributed by atoms with van der Waals surface area (Å²) < 4.78 is 2.98. The van der Waals surface area contributed by atoms with Crippen molar-refractivity contribution in [1.82, 2.24) is 19.5 Å². The van der Waals surface area contributed by atoms with Gasteiger partial charge in [-0.2, -0.15) is 0 Å². The number of nitrogen functional groups attached to an aromatic ring is 1. The van der Waals surface area contributed by atoms with Gasteiger partial charge < -0.3 is 10.3 Å². The van der Waals surface area contributed by atoms with Crippen LogP contribution in [0.5, 0.6) is 0 Å². The van der Waals surface area contributed by atoms with E-state index in [0.29, 0.717) is 6.04 Å². The van der Waals surface area contributed by atoms with Gasteiger partial charge in [-0.3, -0.25) is 0 Å². The Balaban J connectivity index is 2.32. The topological polar surface area (TPSA) is 69.6 Å². The average Bonchev–Trinajstić information content (AvgIpc) is 2.77. The van der Waals surface area contributed by atoms with E-state index in [1.165, 1.54) is 0 Å². The second kappa shape index (κ2) is 4.86. The maximum Gasteiger partial charge on any atom is 0.220 e. The molecule has 0 unspecified atom stereocenters. The Morgan fingerprint density at radius 3 is 2.80 bits per heavy atom. The van der Waals surface area contributed by atoms with Crippen LogP contribution < -0.4 is 5.73 Å². The van der Waals surface area contributed by atoms with Crippen LogP contribution in [0, 0.1) is 0 Å². The molecular weight excluding hydrogens is 318 g/mol. The van der Waals surface area contributed by atoms with E-state index in [1.807, 2.05) is 18.3 Å². The Morgan fingerprint density at radius 2 is 2.10 bits per heavy atom. The summed E-state index contributed by atoms with van der Waals surface area (Å²) in [7, 11) is 0. The molecule has 3 rings (SSSR count). The van der Waals surface area contributed by atoms with Crippen LogP contribution >= 0.6 is 15.9 Å². The number of nitrogens with two attached hydrogens (primary N) is 1. The molecule has 20 heavy (non-hydrogen) atoms. The summed E-state index contributed by atoms with van der Waals surface area (Å²) in [6.45, 7) is 4.28. The molecule has 0 spiro atoms. The van der Waals surface area contributed by atoms with Crippen molar-refractivity contribution in [3.05, 3.63) is 35.3 Å². The summed E-state index contributed by atoms with van der Waals surface area (Å²) in [5, 5.41) is 1.10. The highest BCUT2D eigenvalue weighted by Gasteiger charge is 2.14. The predicted octanol–water partition coefficient (Wildman–Crippen LogP) is 3.42. The number of aromatic nitrogens is 4. The minimum Gasteiger partial charge on any atom is -0.368 e. The summed E-state index contributed by atoms with van der Waals surface area (Å²) in [6.07, 6.45) is 5.63. The highest BCUT2D eigenvalue weighted by Crippen LogP contribution is 2.32. The van der Waals surface area contributed by atoms with Crippen LogP contribution in [0.15, 0.2) is 35.3 Å². The summed E-state index contributed by atoms with van der Waals surface area (Å²) in [6, 6.07) is 4.21. The summed E-state index contributed by atoms with van der Waals surface area (Å²) in [4.78, 5) is 12.6. The predicted molar refractivity (Wildman–Crippen MR) is 83.3 cm³/mol. The van der Waals surface area contributed by atoms with Gasteiger partial charge in [0, 0.05) is 29.4 Å². The van der Waals surface area contributed by atoms with E-state index in [0.717, 1.165) is 26.8 Å². The first kappa shape index (κ1) is 13.1. The van der Waals surface area contributed by atoms with E-state index in [2.05, 4.69) is 55.5 Å². The first-order valence-corrected chi connectivity index (χ1v) is 7.10. The fourth-order valence-corrected chi connectivity index (χ4v) is 2.61. The lowest BCUT2D eigenvalue weighted by atomic mass is 10.1. The normalized spacial score (nSPS) is 11.4. The molecule has 0 aromatic carbocycles. The Hall–Kier alpha value is -1.95. The van der Waals surface area contributed by atoms with Crippen molar-refractivity contribution >= 4 is 32.8 Å². The molecule has 0 saturated carbocycles. The number of fused-ring (bicyclic) bond motifs is 1. The maximum atomic E-state index is 5.69. The van der Waals surface area contributed by atoms with Crippen LogP contribution in [0.2, 0.25) is 0 Å². The third-order valence-electron chi connectivity index (χ3n) is 3.19. The molecule has 0 fully saturated rings. The van der Waals surface area contributed by atoms with Crippen molar-refractivity contribution in [1.29, 1.82) is 0 Å². The fourth-order valence-electron chi connectivity index (χ4n) is 2.28. The highest BCUT2D eigenvalue weighted by molar-refractivity contribution is 9.10. The van der Waals surface area contributed by atoms with Crippen LogP contribution in [0.3, 0.4) is 0 Å². The number of anilines is 1.